The summed E-state index contributed by atoms with van der Waals surface area (Å²) in [5, 5.41) is 46.2. The molecule has 0 radical (unpaired) electrons. The van der Waals surface area contributed by atoms with Gasteiger partial charge in [0.2, 0.25) is 23.6 Å². The van der Waals surface area contributed by atoms with E-state index in [2.05, 4.69) is 53.6 Å². The third-order valence-electron chi connectivity index (χ3n) is 26.9. The van der Waals surface area contributed by atoms with E-state index in [1.54, 1.807) is 100 Å². The van der Waals surface area contributed by atoms with E-state index in [9.17, 15) is 72.9 Å². The Morgan fingerprint density at radius 3 is 1.18 bits per heavy atom. The van der Waals surface area contributed by atoms with Crippen LogP contribution in [0.3, 0.4) is 0 Å². The molecule has 10 N–H and O–H groups in total. The first-order valence-corrected chi connectivity index (χ1v) is 48.8. The topological polar surface area (TPSA) is 431 Å². The smallest absolute Gasteiger partial charge is 0.325 e. The highest BCUT2D eigenvalue weighted by Crippen LogP contribution is 2.31. The zero-order chi connectivity index (χ0) is 101. The SMILES string of the molecule is CO[C@@H]1CC/C=C/c2cc(ccn2)COC(=O)[C@@H]2CCCN(N2)C(=O)[C@H](Cc2cccc(O)c2)NC(=O)[C@H](C(C)C)CC(=O)[C@@H]1C.CO[C@@H]1CC/C=C/c2cccc(c2)[C@@H](C)NC(=O)[C@@H]2CCCN(N2)C(=O)[C@H](Cc2cccc(O)c2)NC(=O)[C@H](C(C)C)CC(=O)[C@@H]1C.CO[C@@H]1CC/C=C/c2ccnc(c2)COC(=O)[C@@H]2CCCN(N2)C(=O)[C@H](Cc2cccc(O)c2)NC(=O)[C@H](C(C)C)CC(=O)[C@@H]1C. The number of rotatable bonds is 12. The minimum atomic E-state index is -1.02. The minimum Gasteiger partial charge on any atom is -0.508 e. The summed E-state index contributed by atoms with van der Waals surface area (Å²) in [4.78, 5) is 172. The molecule has 6 aliphatic rings. The molecule has 2 aromatic heterocycles. The summed E-state index contributed by atoms with van der Waals surface area (Å²) >= 11 is 0. The van der Waals surface area contributed by atoms with Crippen LogP contribution in [0.25, 0.3) is 18.2 Å². The van der Waals surface area contributed by atoms with Gasteiger partial charge in [0.1, 0.15) is 84.1 Å². The molecule has 750 valence electrons. The van der Waals surface area contributed by atoms with Crippen molar-refractivity contribution in [3.8, 4) is 17.2 Å². The van der Waals surface area contributed by atoms with Crippen molar-refractivity contribution >= 4 is 88.9 Å². The minimum absolute atomic E-state index is 0.00000715. The van der Waals surface area contributed by atoms with Crippen molar-refractivity contribution in [2.75, 3.05) is 41.0 Å². The number of cyclic esters (lactones) is 2. The number of benzene rings is 4. The summed E-state index contributed by atoms with van der Waals surface area (Å²) in [6.07, 6.45) is 21.6. The Balaban J connectivity index is 0.000000215. The van der Waals surface area contributed by atoms with Crippen molar-refractivity contribution in [3.05, 3.63) is 202 Å². The van der Waals surface area contributed by atoms with Gasteiger partial charge in [-0.1, -0.05) is 147 Å². The number of methoxy groups -OCH3 is 3. The third kappa shape index (κ3) is 32.7. The quantitative estimate of drug-likeness (QED) is 0.0509. The number of esters is 2. The van der Waals surface area contributed by atoms with E-state index in [4.69, 9.17) is 23.7 Å². The number of hydrazine groups is 3. The number of pyridine rings is 2. The van der Waals surface area contributed by atoms with Crippen LogP contribution in [0.2, 0.25) is 0 Å². The second-order valence-electron chi connectivity index (χ2n) is 38.2. The number of carbonyl (C=O) groups excluding carboxylic acids is 12. The van der Waals surface area contributed by atoms with Crippen molar-refractivity contribution in [3.63, 3.8) is 0 Å². The van der Waals surface area contributed by atoms with Gasteiger partial charge in [0, 0.05) is 127 Å². The van der Waals surface area contributed by atoms with Gasteiger partial charge in [-0.15, -0.1) is 0 Å². The van der Waals surface area contributed by atoms with Crippen LogP contribution in [-0.4, -0.2) is 206 Å². The number of hydrogen-bond donors (Lipinski definition) is 10. The number of allylic oxidation sites excluding steroid dienone is 3. The molecule has 6 aliphatic heterocycles. The number of nitrogens with zero attached hydrogens (tertiary/aromatic N) is 5. The predicted octanol–water partition coefficient (Wildman–Crippen LogP) is 12.0. The molecule has 12 rings (SSSR count). The molecule has 139 heavy (non-hydrogen) atoms. The summed E-state index contributed by atoms with van der Waals surface area (Å²) in [7, 11) is 4.77. The predicted molar refractivity (Wildman–Crippen MR) is 524 cm³/mol. The van der Waals surface area contributed by atoms with Gasteiger partial charge in [0.05, 0.1) is 35.7 Å². The number of phenols is 3. The molecule has 16 atom stereocenters. The summed E-state index contributed by atoms with van der Waals surface area (Å²) in [6, 6.07) is 29.4. The number of fused-ring (bicyclic) bond motifs is 12. The Hall–Kier alpha value is -12.2. The molecule has 3 fully saturated rings. The van der Waals surface area contributed by atoms with Gasteiger partial charge in [-0.3, -0.25) is 82.5 Å². The monoisotopic (exact) mass is 1920 g/mol. The Bertz CT molecular complexity index is 5060. The van der Waals surface area contributed by atoms with Crippen LogP contribution in [0.15, 0.2) is 152 Å². The van der Waals surface area contributed by atoms with Crippen molar-refractivity contribution in [2.45, 2.75) is 259 Å². The van der Waals surface area contributed by atoms with Crippen LogP contribution in [0, 0.1) is 53.3 Å². The van der Waals surface area contributed by atoms with E-state index in [0.29, 0.717) is 125 Å². The first-order chi connectivity index (χ1) is 66.6. The largest absolute Gasteiger partial charge is 0.508 e. The lowest BCUT2D eigenvalue weighted by Crippen LogP contribution is -2.62. The Labute approximate surface area is 816 Å². The molecule has 4 aromatic carbocycles. The van der Waals surface area contributed by atoms with E-state index in [-0.39, 0.29) is 140 Å². The Morgan fingerprint density at radius 1 is 0.403 bits per heavy atom. The van der Waals surface area contributed by atoms with Crippen molar-refractivity contribution in [1.82, 2.24) is 62.5 Å². The van der Waals surface area contributed by atoms with Crippen LogP contribution >= 0.6 is 0 Å². The fraction of sp³-hybridized carbons (Fsp3) is 0.514. The van der Waals surface area contributed by atoms with Crippen LogP contribution in [0.4, 0.5) is 0 Å². The van der Waals surface area contributed by atoms with Crippen LogP contribution in [0.5, 0.6) is 17.2 Å². The first-order valence-electron chi connectivity index (χ1n) is 48.8. The molecule has 3 saturated heterocycles. The maximum atomic E-state index is 14.1. The highest BCUT2D eigenvalue weighted by atomic mass is 16.5. The molecule has 8 heterocycles. The van der Waals surface area contributed by atoms with Gasteiger partial charge < -0.3 is 60.3 Å². The van der Waals surface area contributed by atoms with Crippen molar-refractivity contribution in [2.24, 2.45) is 53.3 Å². The van der Waals surface area contributed by atoms with E-state index in [0.717, 1.165) is 22.3 Å². The Morgan fingerprint density at radius 2 is 0.777 bits per heavy atom. The molecule has 6 aromatic rings. The number of ketones is 3. The average Bonchev–Trinajstić information content (AvgIpc) is 0.827. The number of Topliss-reactive ketones (excluding diaryl/α,β-unsaturated/α-hetero) is 3. The standard InChI is InChI=1S/C37H50N4O6.2C35H46N4O7/c1-23(2)30-22-33(43)24(3)34(47-5)17-7-6-11-26-12-8-14-28(19-26)25(4)38-36(45)31-16-10-18-41(40-31)37(46)32(39-35(30)44)21-27-13-9-15-29(42)20-27;1-22(2)28-20-31(41)23(3)32(45-4)13-6-5-10-26-17-25(14-15-36-26)21-46-35(44)29-12-8-16-39(38-29)34(43)30(37-33(28)42)19-24-9-7-11-27(40)18-24;1-22(2)28-20-31(41)23(3)32(45-4)13-6-5-9-24-14-15-36-26(17-24)21-46-35(44)29-12-8-16-39(38-29)34(43)30(37-33(28)42)19-25-10-7-11-27(40)18-25/h6,8-9,11-15,19-20,23-25,30-32,34,40,42H,7,10,16-18,21-22H2,1-5H3,(H,38,45)(H,39,44);2*5,7,9-11,14-15,17-18,22-23,28-30,32,38,40H,6,8,12-13,16,19-21H2,1-4H3,(H,37,42)/b11-6+;10-5+;9-5+/t24-,25+,30-,31-,32-,34+;2*23-,28-,29-,30-,32+/m000/s1. The number of phenolic OH excluding ortho intramolecular Hbond substituents is 3. The average molecular weight is 1920 g/mol. The van der Waals surface area contributed by atoms with E-state index in [1.807, 2.05) is 142 Å². The third-order valence-corrected chi connectivity index (χ3v) is 26.9. The van der Waals surface area contributed by atoms with Gasteiger partial charge in [-0.2, -0.15) is 0 Å². The molecular formula is C107H142N12O20. The number of hydrogen-bond acceptors (Lipinski definition) is 25. The molecule has 0 unspecified atom stereocenters. The zero-order valence-corrected chi connectivity index (χ0v) is 82.4. The molecule has 0 saturated carbocycles. The van der Waals surface area contributed by atoms with E-state index < -0.39 is 113 Å². The molecule has 12 bridgehead atoms. The summed E-state index contributed by atoms with van der Waals surface area (Å²) in [5.41, 5.74) is 16.0. The van der Waals surface area contributed by atoms with Crippen LogP contribution in [0.1, 0.15) is 222 Å². The summed E-state index contributed by atoms with van der Waals surface area (Å²) in [5.74, 6) is -7.64. The molecular weight excluding hydrogens is 1770 g/mol. The molecule has 7 amide bonds. The first kappa shape index (κ1) is 109. The Kier molecular flexibility index (Phi) is 42.1. The lowest BCUT2D eigenvalue weighted by atomic mass is 9.84. The number of ether oxygens (including phenoxy) is 5. The highest BCUT2D eigenvalue weighted by molar-refractivity contribution is 5.95. The van der Waals surface area contributed by atoms with Crippen LogP contribution < -0.4 is 37.5 Å². The normalized spacial score (nSPS) is 26.9. The second kappa shape index (κ2) is 53.8. The molecule has 32 nitrogen and oxygen atoms in total. The maximum Gasteiger partial charge on any atom is 0.325 e. The molecule has 0 aliphatic carbocycles. The zero-order valence-electron chi connectivity index (χ0n) is 82.4. The van der Waals surface area contributed by atoms with Gasteiger partial charge in [-0.25, -0.2) is 16.3 Å². The molecule has 32 heteroatoms. The van der Waals surface area contributed by atoms with Gasteiger partial charge in [0.25, 0.3) is 17.7 Å². The van der Waals surface area contributed by atoms with Gasteiger partial charge >= 0.3 is 11.9 Å². The summed E-state index contributed by atoms with van der Waals surface area (Å²) < 4.78 is 28.3. The fourth-order valence-corrected chi connectivity index (χ4v) is 18.2. The number of amides is 7. The second-order valence-corrected chi connectivity index (χ2v) is 38.2. The fourth-order valence-electron chi connectivity index (χ4n) is 18.2. The van der Waals surface area contributed by atoms with Crippen molar-refractivity contribution < 1.29 is 96.5 Å². The molecule has 0 spiro atoms. The lowest BCUT2D eigenvalue weighted by molar-refractivity contribution is -0.155. The number of carbonyl (C=O) groups is 12. The van der Waals surface area contributed by atoms with E-state index in [1.165, 1.54) is 27.2 Å². The van der Waals surface area contributed by atoms with Crippen molar-refractivity contribution in [1.29, 1.82) is 0 Å². The lowest BCUT2D eigenvalue weighted by Gasteiger charge is -2.36. The number of aromatic nitrogens is 2. The number of aromatic hydroxyl groups is 3. The summed E-state index contributed by atoms with van der Waals surface area (Å²) in [6.45, 7) is 19.8. The van der Waals surface area contributed by atoms with Gasteiger partial charge in [-0.05, 0) is 213 Å². The van der Waals surface area contributed by atoms with Gasteiger partial charge in [0.15, 0.2) is 0 Å². The maximum absolute atomic E-state index is 14.1. The number of nitrogens with one attached hydrogen (secondary N) is 7. The highest BCUT2D eigenvalue weighted by Gasteiger charge is 2.42. The van der Waals surface area contributed by atoms with E-state index >= 15 is 0 Å². The van der Waals surface area contributed by atoms with Crippen LogP contribution in [-0.2, 0) is 114 Å².